The van der Waals surface area contributed by atoms with E-state index in [1.807, 2.05) is 0 Å². The number of nitrogens with zero attached hydrogens (tertiary/aromatic N) is 3. The molecule has 0 aliphatic carbocycles. The lowest BCUT2D eigenvalue weighted by atomic mass is 10.0. The molecule has 1 aromatic heterocycles. The van der Waals surface area contributed by atoms with E-state index in [0.29, 0.717) is 0 Å². The van der Waals surface area contributed by atoms with Gasteiger partial charge in [-0.15, -0.1) is 10.5 Å². The summed E-state index contributed by atoms with van der Waals surface area (Å²) in [5, 5.41) is 3.03. The molecule has 1 aliphatic rings. The van der Waals surface area contributed by atoms with Gasteiger partial charge in [0, 0.05) is 6.20 Å². The number of aromatic nitrogens is 1. The molecule has 2 rings (SSSR count). The minimum absolute atomic E-state index is 0.270. The fraction of sp³-hybridized carbons (Fsp3) is 0.273. The molecule has 107 valence electrons. The van der Waals surface area contributed by atoms with Gasteiger partial charge in [0.05, 0.1) is 5.69 Å². The average molecular weight is 294 g/mol. The number of alkyl halides is 6. The summed E-state index contributed by atoms with van der Waals surface area (Å²) in [6, 6.07) is 2.87. The molecular formula is C11H6F6N3. The van der Waals surface area contributed by atoms with Gasteiger partial charge in [0.25, 0.3) is 0 Å². The van der Waals surface area contributed by atoms with Crippen molar-refractivity contribution >= 4 is 5.71 Å². The third kappa shape index (κ3) is 2.47. The fourth-order valence-corrected chi connectivity index (χ4v) is 1.68. The van der Waals surface area contributed by atoms with Gasteiger partial charge < -0.3 is 0 Å². The molecule has 0 atom stereocenters. The zero-order chi connectivity index (χ0) is 15.1. The van der Waals surface area contributed by atoms with E-state index in [1.165, 1.54) is 25.3 Å². The maximum Gasteiger partial charge on any atom is 0.435 e. The predicted octanol–water partition coefficient (Wildman–Crippen LogP) is 3.09. The maximum absolute atomic E-state index is 12.9. The van der Waals surface area contributed by atoms with Gasteiger partial charge in [0.1, 0.15) is 11.3 Å². The average Bonchev–Trinajstić information content (AvgIpc) is 2.73. The Balaban J connectivity index is 2.62. The van der Waals surface area contributed by atoms with Crippen LogP contribution >= 0.6 is 0 Å². The number of hydrogen-bond donors (Lipinski definition) is 0. The first kappa shape index (κ1) is 14.4. The first-order valence-electron chi connectivity index (χ1n) is 5.22. The number of allylic oxidation sites excluding steroid dienone is 2. The third-order valence-corrected chi connectivity index (χ3v) is 2.51. The lowest BCUT2D eigenvalue weighted by Gasteiger charge is -2.13. The highest BCUT2D eigenvalue weighted by atomic mass is 19.4. The second kappa shape index (κ2) is 4.50. The van der Waals surface area contributed by atoms with Gasteiger partial charge in [-0.2, -0.15) is 26.3 Å². The summed E-state index contributed by atoms with van der Waals surface area (Å²) < 4.78 is 76.4. The van der Waals surface area contributed by atoms with Crippen molar-refractivity contribution in [1.29, 1.82) is 0 Å². The highest BCUT2D eigenvalue weighted by Crippen LogP contribution is 2.40. The Morgan fingerprint density at radius 1 is 1.00 bits per heavy atom. The SMILES string of the molecule is Cc1cccnc1C1=N[N]C(C(F)(F)F)=C1C(F)(F)F. The van der Waals surface area contributed by atoms with Crippen LogP contribution in [-0.4, -0.2) is 23.0 Å². The minimum atomic E-state index is -5.24. The molecule has 1 radical (unpaired) electrons. The summed E-state index contributed by atoms with van der Waals surface area (Å²) in [6.45, 7) is 1.42. The number of pyridine rings is 1. The molecule has 9 heteroatoms. The van der Waals surface area contributed by atoms with Gasteiger partial charge in [0.15, 0.2) is 5.70 Å². The van der Waals surface area contributed by atoms with E-state index in [9.17, 15) is 26.3 Å². The lowest BCUT2D eigenvalue weighted by molar-refractivity contribution is -0.114. The van der Waals surface area contributed by atoms with Gasteiger partial charge in [-0.3, -0.25) is 4.98 Å². The van der Waals surface area contributed by atoms with Crippen molar-refractivity contribution in [3.63, 3.8) is 0 Å². The van der Waals surface area contributed by atoms with Crippen molar-refractivity contribution in [1.82, 2.24) is 10.4 Å². The molecule has 0 N–H and O–H groups in total. The highest BCUT2D eigenvalue weighted by Gasteiger charge is 2.52. The van der Waals surface area contributed by atoms with Gasteiger partial charge in [0.2, 0.25) is 0 Å². The number of hydrogen-bond acceptors (Lipinski definition) is 2. The summed E-state index contributed by atoms with van der Waals surface area (Å²) in [5.41, 5.74) is -2.24. The maximum atomic E-state index is 12.9. The normalized spacial score (nSPS) is 16.2. The number of rotatable bonds is 1. The van der Waals surface area contributed by atoms with Crippen LogP contribution in [0.5, 0.6) is 0 Å². The van der Waals surface area contributed by atoms with E-state index in [-0.39, 0.29) is 11.3 Å². The van der Waals surface area contributed by atoms with Crippen molar-refractivity contribution in [2.45, 2.75) is 19.3 Å². The van der Waals surface area contributed by atoms with Gasteiger partial charge in [-0.1, -0.05) is 6.07 Å². The predicted molar refractivity (Wildman–Crippen MR) is 56.8 cm³/mol. The van der Waals surface area contributed by atoms with Crippen LogP contribution in [0.25, 0.3) is 0 Å². The van der Waals surface area contributed by atoms with Crippen LogP contribution in [0.1, 0.15) is 11.3 Å². The van der Waals surface area contributed by atoms with Crippen LogP contribution in [0.2, 0.25) is 0 Å². The van der Waals surface area contributed by atoms with Crippen LogP contribution in [0.15, 0.2) is 34.7 Å². The molecule has 0 saturated heterocycles. The van der Waals surface area contributed by atoms with Crippen LogP contribution in [0.3, 0.4) is 0 Å². The fourth-order valence-electron chi connectivity index (χ4n) is 1.68. The van der Waals surface area contributed by atoms with E-state index in [2.05, 4.69) is 15.5 Å². The van der Waals surface area contributed by atoms with E-state index in [1.54, 1.807) is 0 Å². The Hall–Kier alpha value is -2.06. The molecule has 0 bridgehead atoms. The number of aryl methyl sites for hydroxylation is 1. The smallest absolute Gasteiger partial charge is 0.254 e. The van der Waals surface area contributed by atoms with Crippen molar-refractivity contribution < 1.29 is 26.3 Å². The van der Waals surface area contributed by atoms with Crippen molar-refractivity contribution in [2.75, 3.05) is 0 Å². The molecule has 2 heterocycles. The largest absolute Gasteiger partial charge is 0.435 e. The zero-order valence-electron chi connectivity index (χ0n) is 9.84. The molecule has 0 spiro atoms. The minimum Gasteiger partial charge on any atom is -0.254 e. The Morgan fingerprint density at radius 3 is 2.15 bits per heavy atom. The lowest BCUT2D eigenvalue weighted by Crippen LogP contribution is -2.27. The first-order valence-corrected chi connectivity index (χ1v) is 5.22. The first-order chi connectivity index (χ1) is 9.12. The van der Waals surface area contributed by atoms with E-state index < -0.39 is 29.3 Å². The monoisotopic (exact) mass is 294 g/mol. The quantitative estimate of drug-likeness (QED) is 0.734. The van der Waals surface area contributed by atoms with E-state index >= 15 is 0 Å². The second-order valence-corrected chi connectivity index (χ2v) is 3.94. The summed E-state index contributed by atoms with van der Waals surface area (Å²) in [5.74, 6) is 0. The van der Waals surface area contributed by atoms with Crippen LogP contribution in [-0.2, 0) is 0 Å². The number of halogens is 6. The summed E-state index contributed by atoms with van der Waals surface area (Å²) >= 11 is 0. The Morgan fingerprint density at radius 2 is 1.65 bits per heavy atom. The standard InChI is InChI=1S/C11H6F6N3/c1-5-3-2-4-18-7(5)8-6(10(12,13)14)9(20-19-8)11(15,16)17/h2-4H,1H3. The van der Waals surface area contributed by atoms with Crippen molar-refractivity contribution in [3.05, 3.63) is 40.9 Å². The molecule has 3 nitrogen and oxygen atoms in total. The Bertz CT molecular complexity index is 597. The topological polar surface area (TPSA) is 39.4 Å². The molecular weight excluding hydrogens is 288 g/mol. The second-order valence-electron chi connectivity index (χ2n) is 3.94. The van der Waals surface area contributed by atoms with Gasteiger partial charge >= 0.3 is 12.4 Å². The molecule has 1 aromatic rings. The highest BCUT2D eigenvalue weighted by molar-refractivity contribution is 6.14. The molecule has 0 unspecified atom stereocenters. The molecule has 0 amide bonds. The van der Waals surface area contributed by atoms with Crippen LogP contribution in [0, 0.1) is 6.92 Å². The van der Waals surface area contributed by atoms with E-state index in [0.717, 1.165) is 0 Å². The molecule has 20 heavy (non-hydrogen) atoms. The molecule has 0 aromatic carbocycles. The Kier molecular flexibility index (Phi) is 3.23. The third-order valence-electron chi connectivity index (χ3n) is 2.51. The van der Waals surface area contributed by atoms with Gasteiger partial charge in [-0.05, 0) is 18.6 Å². The molecule has 1 aliphatic heterocycles. The Labute approximate surface area is 109 Å². The summed E-state index contributed by atoms with van der Waals surface area (Å²) in [4.78, 5) is 3.65. The molecule has 0 fully saturated rings. The van der Waals surface area contributed by atoms with Crippen LogP contribution in [0.4, 0.5) is 26.3 Å². The summed E-state index contributed by atoms with van der Waals surface area (Å²) in [6.07, 6.45) is -9.29. The van der Waals surface area contributed by atoms with Crippen molar-refractivity contribution in [2.24, 2.45) is 5.10 Å². The van der Waals surface area contributed by atoms with E-state index in [4.69, 9.17) is 0 Å². The zero-order valence-corrected chi connectivity index (χ0v) is 9.84. The molecule has 0 saturated carbocycles. The van der Waals surface area contributed by atoms with Gasteiger partial charge in [-0.25, -0.2) is 0 Å². The van der Waals surface area contributed by atoms with Crippen molar-refractivity contribution in [3.8, 4) is 0 Å². The summed E-state index contributed by atoms with van der Waals surface area (Å²) in [7, 11) is 0. The van der Waals surface area contributed by atoms with Crippen LogP contribution < -0.4 is 5.43 Å².